The molecule has 1 saturated heterocycles. The molecule has 2 aromatic rings. The van der Waals surface area contributed by atoms with Crippen LogP contribution < -0.4 is 5.32 Å². The number of anilines is 1. The monoisotopic (exact) mass is 452 g/mol. The first kappa shape index (κ1) is 20.0. The lowest BCUT2D eigenvalue weighted by Gasteiger charge is -2.34. The van der Waals surface area contributed by atoms with Crippen molar-refractivity contribution >= 4 is 37.5 Å². The van der Waals surface area contributed by atoms with E-state index in [0.717, 1.165) is 4.47 Å². The predicted molar refractivity (Wildman–Crippen MR) is 107 cm³/mol. The third kappa shape index (κ3) is 4.76. The van der Waals surface area contributed by atoms with E-state index in [1.54, 1.807) is 12.1 Å². The number of carbonyl (C=O) groups is 1. The largest absolute Gasteiger partial charge is 0.373 e. The Morgan fingerprint density at radius 2 is 1.59 bits per heavy atom. The van der Waals surface area contributed by atoms with Gasteiger partial charge in [-0.2, -0.15) is 4.31 Å². The number of benzene rings is 2. The normalized spacial score (nSPS) is 21.0. The summed E-state index contributed by atoms with van der Waals surface area (Å²) in [5, 5.41) is 2.78. The van der Waals surface area contributed by atoms with Crippen LogP contribution in [0.3, 0.4) is 0 Å². The maximum absolute atomic E-state index is 12.8. The van der Waals surface area contributed by atoms with Gasteiger partial charge in [-0.15, -0.1) is 0 Å². The van der Waals surface area contributed by atoms with Gasteiger partial charge < -0.3 is 10.1 Å². The summed E-state index contributed by atoms with van der Waals surface area (Å²) in [6, 6.07) is 13.2. The smallest absolute Gasteiger partial charge is 0.255 e. The summed E-state index contributed by atoms with van der Waals surface area (Å²) in [5.41, 5.74) is 1.05. The number of hydrogen-bond acceptors (Lipinski definition) is 4. The molecule has 0 saturated carbocycles. The molecule has 1 aliphatic heterocycles. The van der Waals surface area contributed by atoms with Crippen molar-refractivity contribution in [3.8, 4) is 0 Å². The van der Waals surface area contributed by atoms with E-state index in [9.17, 15) is 13.2 Å². The number of nitrogens with zero attached hydrogens (tertiary/aromatic N) is 1. The lowest BCUT2D eigenvalue weighted by molar-refractivity contribution is -0.0440. The fourth-order valence-corrected chi connectivity index (χ4v) is 4.85. The van der Waals surface area contributed by atoms with E-state index in [2.05, 4.69) is 21.2 Å². The van der Waals surface area contributed by atoms with Crippen molar-refractivity contribution in [1.82, 2.24) is 4.31 Å². The molecule has 8 heteroatoms. The van der Waals surface area contributed by atoms with Crippen LogP contribution in [0.15, 0.2) is 57.9 Å². The Kier molecular flexibility index (Phi) is 6.00. The molecule has 1 amide bonds. The Hall–Kier alpha value is -1.74. The predicted octanol–water partition coefficient (Wildman–Crippen LogP) is 3.50. The van der Waals surface area contributed by atoms with Crippen LogP contribution in [0.5, 0.6) is 0 Å². The van der Waals surface area contributed by atoms with Gasteiger partial charge in [0.2, 0.25) is 10.0 Å². The van der Waals surface area contributed by atoms with E-state index in [-0.39, 0.29) is 23.0 Å². The molecule has 0 unspecified atom stereocenters. The van der Waals surface area contributed by atoms with Crippen molar-refractivity contribution in [2.75, 3.05) is 18.4 Å². The van der Waals surface area contributed by atoms with E-state index >= 15 is 0 Å². The molecule has 0 spiro atoms. The fraction of sp³-hybridized carbons (Fsp3) is 0.316. The molecule has 1 heterocycles. The summed E-state index contributed by atoms with van der Waals surface area (Å²) in [4.78, 5) is 12.5. The standard InChI is InChI=1S/C19H21BrN2O4S/c1-13-11-22(12-14(2)26-13)27(24,25)18-9-3-15(4-10-18)19(23)21-17-7-5-16(20)6-8-17/h3-10,13-14H,11-12H2,1-2H3,(H,21,23)/t13-,14-/m0/s1. The molecular weight excluding hydrogens is 432 g/mol. The molecule has 6 nitrogen and oxygen atoms in total. The summed E-state index contributed by atoms with van der Waals surface area (Å²) < 4.78 is 33.6. The molecule has 2 aromatic carbocycles. The second-order valence-electron chi connectivity index (χ2n) is 6.56. The maximum Gasteiger partial charge on any atom is 0.255 e. The fourth-order valence-electron chi connectivity index (χ4n) is 2.99. The van der Waals surface area contributed by atoms with Crippen LogP contribution in [0, 0.1) is 0 Å². The topological polar surface area (TPSA) is 75.7 Å². The zero-order valence-electron chi connectivity index (χ0n) is 15.1. The van der Waals surface area contributed by atoms with Crippen molar-refractivity contribution in [2.24, 2.45) is 0 Å². The molecule has 1 aliphatic rings. The zero-order chi connectivity index (χ0) is 19.6. The first-order chi connectivity index (χ1) is 12.8. The molecule has 0 aromatic heterocycles. The Bertz CT molecular complexity index is 904. The summed E-state index contributed by atoms with van der Waals surface area (Å²) in [7, 11) is -3.62. The van der Waals surface area contributed by atoms with Gasteiger partial charge in [0.25, 0.3) is 5.91 Å². The van der Waals surface area contributed by atoms with Gasteiger partial charge in [0.1, 0.15) is 0 Å². The van der Waals surface area contributed by atoms with Crippen molar-refractivity contribution < 1.29 is 17.9 Å². The summed E-state index contributed by atoms with van der Waals surface area (Å²) in [5.74, 6) is -0.296. The van der Waals surface area contributed by atoms with Gasteiger partial charge in [-0.1, -0.05) is 15.9 Å². The number of hydrogen-bond donors (Lipinski definition) is 1. The van der Waals surface area contributed by atoms with Crippen molar-refractivity contribution in [3.05, 3.63) is 58.6 Å². The van der Waals surface area contributed by atoms with Crippen LogP contribution in [0.1, 0.15) is 24.2 Å². The third-order valence-corrected chi connectivity index (χ3v) is 6.62. The number of ether oxygens (including phenoxy) is 1. The Balaban J connectivity index is 1.74. The second-order valence-corrected chi connectivity index (χ2v) is 9.42. The molecule has 0 radical (unpaired) electrons. The van der Waals surface area contributed by atoms with E-state index in [4.69, 9.17) is 4.74 Å². The van der Waals surface area contributed by atoms with Crippen LogP contribution in [0.4, 0.5) is 5.69 Å². The SMILES string of the molecule is C[C@H]1CN(S(=O)(=O)c2ccc(C(=O)Nc3ccc(Br)cc3)cc2)C[C@H](C)O1. The van der Waals surface area contributed by atoms with Gasteiger partial charge >= 0.3 is 0 Å². The second kappa shape index (κ2) is 8.10. The molecule has 2 atom stereocenters. The van der Waals surface area contributed by atoms with Crippen molar-refractivity contribution in [1.29, 1.82) is 0 Å². The van der Waals surface area contributed by atoms with Crippen LogP contribution in [-0.4, -0.2) is 43.9 Å². The molecule has 3 rings (SSSR count). The Morgan fingerprint density at radius 1 is 1.04 bits per heavy atom. The molecule has 27 heavy (non-hydrogen) atoms. The first-order valence-corrected chi connectivity index (χ1v) is 10.8. The van der Waals surface area contributed by atoms with Crippen LogP contribution in [0.2, 0.25) is 0 Å². The number of sulfonamides is 1. The quantitative estimate of drug-likeness (QED) is 0.769. The maximum atomic E-state index is 12.8. The lowest BCUT2D eigenvalue weighted by atomic mass is 10.2. The number of morpholine rings is 1. The highest BCUT2D eigenvalue weighted by Gasteiger charge is 2.32. The average molecular weight is 453 g/mol. The third-order valence-electron chi connectivity index (χ3n) is 4.24. The highest BCUT2D eigenvalue weighted by molar-refractivity contribution is 9.10. The minimum atomic E-state index is -3.62. The van der Waals surface area contributed by atoms with E-state index in [1.165, 1.54) is 28.6 Å². The van der Waals surface area contributed by atoms with Gasteiger partial charge in [0.05, 0.1) is 17.1 Å². The van der Waals surface area contributed by atoms with E-state index in [1.807, 2.05) is 26.0 Å². The summed E-state index contributed by atoms with van der Waals surface area (Å²) >= 11 is 3.34. The Labute approximate surface area is 167 Å². The number of amides is 1. The molecule has 0 bridgehead atoms. The van der Waals surface area contributed by atoms with Gasteiger partial charge in [-0.05, 0) is 62.4 Å². The highest BCUT2D eigenvalue weighted by Crippen LogP contribution is 2.22. The minimum absolute atomic E-state index is 0.153. The highest BCUT2D eigenvalue weighted by atomic mass is 79.9. The van der Waals surface area contributed by atoms with Crippen molar-refractivity contribution in [2.45, 2.75) is 31.0 Å². The minimum Gasteiger partial charge on any atom is -0.373 e. The molecule has 1 N–H and O–H groups in total. The van der Waals surface area contributed by atoms with Crippen LogP contribution in [-0.2, 0) is 14.8 Å². The Morgan fingerprint density at radius 3 is 2.15 bits per heavy atom. The summed E-state index contributed by atoms with van der Waals surface area (Å²) in [6.45, 7) is 4.35. The molecule has 144 valence electrons. The van der Waals surface area contributed by atoms with Gasteiger partial charge in [0.15, 0.2) is 0 Å². The summed E-state index contributed by atoms with van der Waals surface area (Å²) in [6.07, 6.45) is -0.307. The van der Waals surface area contributed by atoms with Gasteiger partial charge in [0, 0.05) is 28.8 Å². The van der Waals surface area contributed by atoms with Crippen LogP contribution in [0.25, 0.3) is 0 Å². The van der Waals surface area contributed by atoms with Gasteiger partial charge in [-0.3, -0.25) is 4.79 Å². The molecule has 0 aliphatic carbocycles. The van der Waals surface area contributed by atoms with E-state index < -0.39 is 10.0 Å². The van der Waals surface area contributed by atoms with Crippen molar-refractivity contribution in [3.63, 3.8) is 0 Å². The van der Waals surface area contributed by atoms with Gasteiger partial charge in [-0.25, -0.2) is 8.42 Å². The molecule has 1 fully saturated rings. The van der Waals surface area contributed by atoms with E-state index in [0.29, 0.717) is 24.3 Å². The number of carbonyl (C=O) groups excluding carboxylic acids is 1. The number of rotatable bonds is 4. The lowest BCUT2D eigenvalue weighted by Crippen LogP contribution is -2.48. The average Bonchev–Trinajstić information content (AvgIpc) is 2.63. The zero-order valence-corrected chi connectivity index (χ0v) is 17.5. The number of halogens is 1. The molecular formula is C19H21BrN2O4S. The first-order valence-electron chi connectivity index (χ1n) is 8.58. The van der Waals surface area contributed by atoms with Crippen LogP contribution >= 0.6 is 15.9 Å². The number of nitrogens with one attached hydrogen (secondary N) is 1.